The first-order chi connectivity index (χ1) is 9.40. The molecule has 1 N–H and O–H groups in total. The third-order valence-electron chi connectivity index (χ3n) is 4.14. The van der Waals surface area contributed by atoms with Gasteiger partial charge in [-0.1, -0.05) is 12.1 Å². The molecule has 5 heteroatoms. The number of rotatable bonds is 3. The molecule has 20 heavy (non-hydrogen) atoms. The van der Waals surface area contributed by atoms with E-state index in [-0.39, 0.29) is 17.2 Å². The molecule has 0 bridgehead atoms. The fourth-order valence-corrected chi connectivity index (χ4v) is 2.66. The first kappa shape index (κ1) is 15.4. The smallest absolute Gasteiger partial charge is 0.164 e. The zero-order chi connectivity index (χ0) is 14.9. The van der Waals surface area contributed by atoms with E-state index in [1.165, 1.54) is 19.1 Å². The molecule has 2 rings (SSSR count). The van der Waals surface area contributed by atoms with Crippen LogP contribution in [0, 0.1) is 18.6 Å². The summed E-state index contributed by atoms with van der Waals surface area (Å²) in [6, 6.07) is 3.13. The van der Waals surface area contributed by atoms with Gasteiger partial charge in [-0.3, -0.25) is 0 Å². The number of piperazine rings is 1. The summed E-state index contributed by atoms with van der Waals surface area (Å²) < 4.78 is 27.4. The number of aryl methyl sites for hydroxylation is 1. The van der Waals surface area contributed by atoms with Crippen molar-refractivity contribution in [3.8, 4) is 0 Å². The molecule has 1 saturated heterocycles. The zero-order valence-corrected chi connectivity index (χ0v) is 12.2. The van der Waals surface area contributed by atoms with Crippen molar-refractivity contribution in [3.63, 3.8) is 0 Å². The quantitative estimate of drug-likeness (QED) is 0.919. The molecule has 112 valence electrons. The normalized spacial score (nSPS) is 23.0. The molecule has 1 heterocycles. The Morgan fingerprint density at radius 3 is 2.65 bits per heavy atom. The van der Waals surface area contributed by atoms with Gasteiger partial charge in [0.05, 0.1) is 6.10 Å². The molecule has 1 aliphatic heterocycles. The molecule has 1 fully saturated rings. The topological polar surface area (TPSA) is 26.7 Å². The van der Waals surface area contributed by atoms with E-state index in [1.807, 2.05) is 14.1 Å². The van der Waals surface area contributed by atoms with Crippen LogP contribution in [0.25, 0.3) is 0 Å². The lowest BCUT2D eigenvalue weighted by Crippen LogP contribution is -2.50. The predicted octanol–water partition coefficient (Wildman–Crippen LogP) is 1.94. The minimum absolute atomic E-state index is 0.0507. The number of hydrogen-bond acceptors (Lipinski definition) is 3. The lowest BCUT2D eigenvalue weighted by atomic mass is 9.98. The second-order valence-corrected chi connectivity index (χ2v) is 5.75. The van der Waals surface area contributed by atoms with E-state index in [0.29, 0.717) is 6.42 Å². The maximum atomic E-state index is 13.9. The van der Waals surface area contributed by atoms with E-state index in [1.54, 1.807) is 0 Å². The van der Waals surface area contributed by atoms with Crippen LogP contribution in [0.4, 0.5) is 8.78 Å². The minimum atomic E-state index is -0.982. The number of benzene rings is 1. The Bertz CT molecular complexity index is 481. The van der Waals surface area contributed by atoms with Gasteiger partial charge < -0.3 is 14.9 Å². The van der Waals surface area contributed by atoms with Crippen molar-refractivity contribution in [2.75, 3.05) is 33.7 Å². The Morgan fingerprint density at radius 1 is 1.25 bits per heavy atom. The SMILES string of the molecule is Cc1ccc(C(O)CC2CN(C)CCN2C)c(F)c1F. The van der Waals surface area contributed by atoms with Crippen LogP contribution in [0.5, 0.6) is 0 Å². The molecule has 0 aliphatic carbocycles. The van der Waals surface area contributed by atoms with Gasteiger partial charge in [0.15, 0.2) is 11.6 Å². The summed E-state index contributed by atoms with van der Waals surface area (Å²) in [5, 5.41) is 10.2. The van der Waals surface area contributed by atoms with Crippen molar-refractivity contribution in [2.45, 2.75) is 25.5 Å². The average molecular weight is 284 g/mol. The largest absolute Gasteiger partial charge is 0.388 e. The first-order valence-corrected chi connectivity index (χ1v) is 6.91. The summed E-state index contributed by atoms with van der Waals surface area (Å²) in [4.78, 5) is 4.34. The predicted molar refractivity (Wildman–Crippen MR) is 74.6 cm³/mol. The van der Waals surface area contributed by atoms with Crippen LogP contribution in [-0.4, -0.2) is 54.7 Å². The summed E-state index contributed by atoms with van der Waals surface area (Å²) in [6.07, 6.45) is -0.579. The van der Waals surface area contributed by atoms with Gasteiger partial charge in [-0.25, -0.2) is 8.78 Å². The minimum Gasteiger partial charge on any atom is -0.388 e. The van der Waals surface area contributed by atoms with E-state index >= 15 is 0 Å². The summed E-state index contributed by atoms with van der Waals surface area (Å²) in [5.74, 6) is -1.79. The lowest BCUT2D eigenvalue weighted by Gasteiger charge is -2.38. The van der Waals surface area contributed by atoms with Crippen molar-refractivity contribution in [2.24, 2.45) is 0 Å². The van der Waals surface area contributed by atoms with Gasteiger partial charge in [-0.2, -0.15) is 0 Å². The van der Waals surface area contributed by atoms with Crippen LogP contribution in [0.1, 0.15) is 23.7 Å². The van der Waals surface area contributed by atoms with Gasteiger partial charge in [-0.05, 0) is 33.0 Å². The second kappa shape index (κ2) is 6.16. The van der Waals surface area contributed by atoms with E-state index in [9.17, 15) is 13.9 Å². The highest BCUT2D eigenvalue weighted by molar-refractivity contribution is 5.27. The number of likely N-dealkylation sites (N-methyl/N-ethyl adjacent to an activating group) is 2. The third-order valence-corrected chi connectivity index (χ3v) is 4.14. The fourth-order valence-electron chi connectivity index (χ4n) is 2.66. The second-order valence-electron chi connectivity index (χ2n) is 5.75. The van der Waals surface area contributed by atoms with Gasteiger partial charge >= 0.3 is 0 Å². The molecular weight excluding hydrogens is 262 g/mol. The van der Waals surface area contributed by atoms with Crippen molar-refractivity contribution in [1.82, 2.24) is 9.80 Å². The Balaban J connectivity index is 2.12. The van der Waals surface area contributed by atoms with Crippen molar-refractivity contribution in [3.05, 3.63) is 34.9 Å². The number of nitrogens with zero attached hydrogens (tertiary/aromatic N) is 2. The third kappa shape index (κ3) is 3.16. The summed E-state index contributed by atoms with van der Waals surface area (Å²) in [6.45, 7) is 4.23. The standard InChI is InChI=1S/C15H22F2N2O/c1-10-4-5-12(15(17)14(10)16)13(20)8-11-9-18(2)6-7-19(11)3/h4-5,11,13,20H,6-9H2,1-3H3. The number of halogens is 2. The van der Waals surface area contributed by atoms with Gasteiger partial charge in [0.2, 0.25) is 0 Å². The summed E-state index contributed by atoms with van der Waals surface area (Å²) in [7, 11) is 4.02. The molecule has 3 nitrogen and oxygen atoms in total. The molecule has 0 aromatic heterocycles. The monoisotopic (exact) mass is 284 g/mol. The van der Waals surface area contributed by atoms with Gasteiger partial charge in [0.1, 0.15) is 0 Å². The maximum absolute atomic E-state index is 13.9. The van der Waals surface area contributed by atoms with Crippen LogP contribution in [0.3, 0.4) is 0 Å². The van der Waals surface area contributed by atoms with Crippen LogP contribution in [0.2, 0.25) is 0 Å². The van der Waals surface area contributed by atoms with Crippen LogP contribution in [0.15, 0.2) is 12.1 Å². The average Bonchev–Trinajstić information content (AvgIpc) is 2.40. The van der Waals surface area contributed by atoms with Crippen molar-refractivity contribution >= 4 is 0 Å². The van der Waals surface area contributed by atoms with E-state index in [2.05, 4.69) is 9.80 Å². The summed E-state index contributed by atoms with van der Waals surface area (Å²) in [5.41, 5.74) is 0.308. The summed E-state index contributed by atoms with van der Waals surface area (Å²) >= 11 is 0. The Labute approximate surface area is 118 Å². The number of hydrogen-bond donors (Lipinski definition) is 1. The highest BCUT2D eigenvalue weighted by Crippen LogP contribution is 2.26. The van der Waals surface area contributed by atoms with Crippen molar-refractivity contribution in [1.29, 1.82) is 0 Å². The molecule has 1 aliphatic rings. The van der Waals surface area contributed by atoms with Crippen LogP contribution < -0.4 is 0 Å². The van der Waals surface area contributed by atoms with Gasteiger partial charge in [0, 0.05) is 31.2 Å². The number of aliphatic hydroxyl groups excluding tert-OH is 1. The molecule has 0 saturated carbocycles. The zero-order valence-electron chi connectivity index (χ0n) is 12.2. The Morgan fingerprint density at radius 2 is 1.95 bits per heavy atom. The molecule has 2 unspecified atom stereocenters. The molecule has 0 radical (unpaired) electrons. The van der Waals surface area contributed by atoms with E-state index in [0.717, 1.165) is 19.6 Å². The highest BCUT2D eigenvalue weighted by atomic mass is 19.2. The molecule has 0 spiro atoms. The molecule has 0 amide bonds. The highest BCUT2D eigenvalue weighted by Gasteiger charge is 2.27. The van der Waals surface area contributed by atoms with Crippen LogP contribution >= 0.6 is 0 Å². The molecule has 1 aromatic rings. The lowest BCUT2D eigenvalue weighted by molar-refractivity contribution is 0.0619. The maximum Gasteiger partial charge on any atom is 0.164 e. The molecule has 1 aromatic carbocycles. The Hall–Kier alpha value is -1.04. The van der Waals surface area contributed by atoms with Crippen molar-refractivity contribution < 1.29 is 13.9 Å². The van der Waals surface area contributed by atoms with Gasteiger partial charge in [0.25, 0.3) is 0 Å². The van der Waals surface area contributed by atoms with E-state index in [4.69, 9.17) is 0 Å². The molecule has 2 atom stereocenters. The number of aliphatic hydroxyl groups is 1. The van der Waals surface area contributed by atoms with Gasteiger partial charge in [-0.15, -0.1) is 0 Å². The Kier molecular flexibility index (Phi) is 4.73. The van der Waals surface area contributed by atoms with E-state index < -0.39 is 17.7 Å². The first-order valence-electron chi connectivity index (χ1n) is 6.91. The molecular formula is C15H22F2N2O. The van der Waals surface area contributed by atoms with Crippen LogP contribution in [-0.2, 0) is 0 Å². The fraction of sp³-hybridized carbons (Fsp3) is 0.600.